The Morgan fingerprint density at radius 2 is 1.85 bits per heavy atom. The standard InChI is InChI=1S/C21H30N4OS/c1-21(2,17-9-6-5-7-10-17)16-24-20(23-15-19(26)25(3)4)22-13-12-18-11-8-14-27-18/h5-11,14H,12-13,15-16H2,1-4H3,(H2,22,23,24). The molecule has 0 atom stereocenters. The molecule has 27 heavy (non-hydrogen) atoms. The zero-order valence-corrected chi connectivity index (χ0v) is 17.5. The summed E-state index contributed by atoms with van der Waals surface area (Å²) in [4.78, 5) is 19.2. The van der Waals surface area contributed by atoms with Crippen LogP contribution in [0.3, 0.4) is 0 Å². The van der Waals surface area contributed by atoms with E-state index in [0.717, 1.165) is 19.5 Å². The maximum atomic E-state index is 11.9. The fourth-order valence-electron chi connectivity index (χ4n) is 2.52. The van der Waals surface area contributed by atoms with Crippen LogP contribution in [-0.2, 0) is 16.6 Å². The second-order valence-corrected chi connectivity index (χ2v) is 8.34. The van der Waals surface area contributed by atoms with Gasteiger partial charge in [-0.15, -0.1) is 11.3 Å². The minimum absolute atomic E-state index is 0.0170. The summed E-state index contributed by atoms with van der Waals surface area (Å²) in [5.74, 6) is 0.655. The summed E-state index contributed by atoms with van der Waals surface area (Å²) in [6.45, 7) is 6.02. The highest BCUT2D eigenvalue weighted by Gasteiger charge is 2.20. The van der Waals surface area contributed by atoms with Crippen LogP contribution in [0.15, 0.2) is 52.8 Å². The van der Waals surface area contributed by atoms with Gasteiger partial charge in [-0.2, -0.15) is 0 Å². The van der Waals surface area contributed by atoms with Crippen LogP contribution in [0.25, 0.3) is 0 Å². The Balaban J connectivity index is 1.97. The second kappa shape index (κ2) is 10.1. The number of likely N-dealkylation sites (N-methyl/N-ethyl adjacent to an activating group) is 1. The van der Waals surface area contributed by atoms with Gasteiger partial charge >= 0.3 is 0 Å². The van der Waals surface area contributed by atoms with Gasteiger partial charge in [0, 0.05) is 37.5 Å². The lowest BCUT2D eigenvalue weighted by Gasteiger charge is -2.27. The first-order valence-electron chi connectivity index (χ1n) is 9.19. The molecule has 0 aliphatic heterocycles. The maximum Gasteiger partial charge on any atom is 0.243 e. The number of amides is 1. The van der Waals surface area contributed by atoms with Gasteiger partial charge in [0.2, 0.25) is 5.91 Å². The molecule has 0 saturated heterocycles. The third-order valence-corrected chi connectivity index (χ3v) is 5.30. The van der Waals surface area contributed by atoms with Gasteiger partial charge in [-0.25, -0.2) is 4.99 Å². The average molecular weight is 387 g/mol. The van der Waals surface area contributed by atoms with Crippen molar-refractivity contribution in [3.05, 3.63) is 58.3 Å². The molecule has 0 unspecified atom stereocenters. The van der Waals surface area contributed by atoms with Crippen LogP contribution in [0.4, 0.5) is 0 Å². The highest BCUT2D eigenvalue weighted by atomic mass is 32.1. The Morgan fingerprint density at radius 1 is 1.11 bits per heavy atom. The Bertz CT molecular complexity index is 724. The van der Waals surface area contributed by atoms with Crippen LogP contribution >= 0.6 is 11.3 Å². The van der Waals surface area contributed by atoms with Gasteiger partial charge in [0.1, 0.15) is 6.54 Å². The van der Waals surface area contributed by atoms with E-state index in [1.807, 2.05) is 6.07 Å². The van der Waals surface area contributed by atoms with Crippen molar-refractivity contribution >= 4 is 23.2 Å². The number of thiophene rings is 1. The number of aliphatic imine (C=N–C) groups is 1. The van der Waals surface area contributed by atoms with E-state index >= 15 is 0 Å². The summed E-state index contributed by atoms with van der Waals surface area (Å²) in [7, 11) is 3.49. The van der Waals surface area contributed by atoms with Gasteiger partial charge < -0.3 is 15.5 Å². The smallest absolute Gasteiger partial charge is 0.243 e. The summed E-state index contributed by atoms with van der Waals surface area (Å²) >= 11 is 1.75. The average Bonchev–Trinajstić information content (AvgIpc) is 3.17. The molecule has 1 heterocycles. The van der Waals surface area contributed by atoms with Crippen molar-refractivity contribution in [1.82, 2.24) is 15.5 Å². The molecule has 2 aromatic rings. The molecule has 1 amide bonds. The molecule has 146 valence electrons. The molecule has 2 N–H and O–H groups in total. The first kappa shape index (κ1) is 21.0. The molecule has 0 aliphatic rings. The van der Waals surface area contributed by atoms with Crippen molar-refractivity contribution in [2.24, 2.45) is 4.99 Å². The van der Waals surface area contributed by atoms with Gasteiger partial charge in [0.25, 0.3) is 0 Å². The summed E-state index contributed by atoms with van der Waals surface area (Å²) in [6, 6.07) is 14.6. The number of nitrogens with one attached hydrogen (secondary N) is 2. The summed E-state index contributed by atoms with van der Waals surface area (Å²) < 4.78 is 0. The minimum Gasteiger partial charge on any atom is -0.356 e. The molecule has 6 heteroatoms. The van der Waals surface area contributed by atoms with Crippen LogP contribution in [0, 0.1) is 0 Å². The molecule has 0 radical (unpaired) electrons. The van der Waals surface area contributed by atoms with Crippen molar-refractivity contribution < 1.29 is 4.79 Å². The maximum absolute atomic E-state index is 11.9. The molecule has 0 bridgehead atoms. The monoisotopic (exact) mass is 386 g/mol. The second-order valence-electron chi connectivity index (χ2n) is 7.31. The van der Waals surface area contributed by atoms with E-state index in [0.29, 0.717) is 5.96 Å². The van der Waals surface area contributed by atoms with Crippen LogP contribution in [-0.4, -0.2) is 50.5 Å². The van der Waals surface area contributed by atoms with Gasteiger partial charge in [-0.1, -0.05) is 50.2 Å². The quantitative estimate of drug-likeness (QED) is 0.542. The lowest BCUT2D eigenvalue weighted by molar-refractivity contribution is -0.127. The van der Waals surface area contributed by atoms with Crippen molar-refractivity contribution in [3.8, 4) is 0 Å². The Hall–Kier alpha value is -2.34. The molecular weight excluding hydrogens is 356 g/mol. The molecule has 0 spiro atoms. The Morgan fingerprint density at radius 3 is 2.48 bits per heavy atom. The van der Waals surface area contributed by atoms with Crippen LogP contribution in [0.1, 0.15) is 24.3 Å². The molecule has 1 aromatic carbocycles. The first-order valence-corrected chi connectivity index (χ1v) is 10.1. The van der Waals surface area contributed by atoms with E-state index in [4.69, 9.17) is 0 Å². The van der Waals surface area contributed by atoms with E-state index in [-0.39, 0.29) is 17.9 Å². The van der Waals surface area contributed by atoms with Gasteiger partial charge in [-0.3, -0.25) is 4.79 Å². The van der Waals surface area contributed by atoms with Crippen molar-refractivity contribution in [3.63, 3.8) is 0 Å². The predicted octanol–water partition coefficient (Wildman–Crippen LogP) is 2.89. The van der Waals surface area contributed by atoms with E-state index in [1.165, 1.54) is 10.4 Å². The number of hydrogen-bond acceptors (Lipinski definition) is 3. The third kappa shape index (κ3) is 7.06. The number of carbonyl (C=O) groups excluding carboxylic acids is 1. The number of hydrogen-bond donors (Lipinski definition) is 2. The summed E-state index contributed by atoms with van der Waals surface area (Å²) in [6.07, 6.45) is 0.933. The first-order chi connectivity index (χ1) is 12.9. The summed E-state index contributed by atoms with van der Waals surface area (Å²) in [5, 5.41) is 8.84. The predicted molar refractivity (Wildman–Crippen MR) is 114 cm³/mol. The van der Waals surface area contributed by atoms with Crippen LogP contribution in [0.5, 0.6) is 0 Å². The Kier molecular flexibility index (Phi) is 7.85. The van der Waals surface area contributed by atoms with Crippen molar-refractivity contribution in [2.75, 3.05) is 33.7 Å². The largest absolute Gasteiger partial charge is 0.356 e. The van der Waals surface area contributed by atoms with E-state index in [2.05, 4.69) is 71.3 Å². The molecule has 5 nitrogen and oxygen atoms in total. The molecular formula is C21H30N4OS. The minimum atomic E-state index is -0.0526. The molecule has 1 aromatic heterocycles. The number of guanidine groups is 1. The molecule has 0 aliphatic carbocycles. The molecule has 0 fully saturated rings. The van der Waals surface area contributed by atoms with Crippen LogP contribution < -0.4 is 10.6 Å². The normalized spacial score (nSPS) is 11.9. The lowest BCUT2D eigenvalue weighted by atomic mass is 9.85. The Labute approximate surface area is 166 Å². The number of carbonyl (C=O) groups is 1. The van der Waals surface area contributed by atoms with E-state index in [1.54, 1.807) is 30.3 Å². The third-order valence-electron chi connectivity index (χ3n) is 4.37. The van der Waals surface area contributed by atoms with Crippen molar-refractivity contribution in [2.45, 2.75) is 25.7 Å². The highest BCUT2D eigenvalue weighted by molar-refractivity contribution is 7.09. The zero-order chi connectivity index (χ0) is 19.7. The lowest BCUT2D eigenvalue weighted by Crippen LogP contribution is -2.44. The van der Waals surface area contributed by atoms with Gasteiger partial charge in [0.15, 0.2) is 5.96 Å². The van der Waals surface area contributed by atoms with E-state index < -0.39 is 0 Å². The highest BCUT2D eigenvalue weighted by Crippen LogP contribution is 2.21. The number of rotatable bonds is 8. The van der Waals surface area contributed by atoms with Gasteiger partial charge in [0.05, 0.1) is 0 Å². The van der Waals surface area contributed by atoms with E-state index in [9.17, 15) is 4.79 Å². The van der Waals surface area contributed by atoms with Crippen LogP contribution in [0.2, 0.25) is 0 Å². The number of nitrogens with zero attached hydrogens (tertiary/aromatic N) is 2. The number of benzene rings is 1. The fourth-order valence-corrected chi connectivity index (χ4v) is 3.23. The summed E-state index contributed by atoms with van der Waals surface area (Å²) in [5.41, 5.74) is 1.21. The fraction of sp³-hybridized carbons (Fsp3) is 0.429. The molecule has 2 rings (SSSR count). The van der Waals surface area contributed by atoms with Gasteiger partial charge in [-0.05, 0) is 23.4 Å². The SMILES string of the molecule is CN(C)C(=O)CN=C(NCCc1cccs1)NCC(C)(C)c1ccccc1. The van der Waals surface area contributed by atoms with Crippen molar-refractivity contribution in [1.29, 1.82) is 0 Å². The topological polar surface area (TPSA) is 56.7 Å². The zero-order valence-electron chi connectivity index (χ0n) is 16.7. The molecule has 0 saturated carbocycles.